The quantitative estimate of drug-likeness (QED) is 0.796. The summed E-state index contributed by atoms with van der Waals surface area (Å²) in [5, 5.41) is 0. The van der Waals surface area contributed by atoms with E-state index in [9.17, 15) is 0 Å². The number of likely N-dealkylation sites (tertiary alicyclic amines) is 1. The van der Waals surface area contributed by atoms with Crippen LogP contribution >= 0.6 is 0 Å². The molecule has 0 radical (unpaired) electrons. The first kappa shape index (κ1) is 10.7. The van der Waals surface area contributed by atoms with Gasteiger partial charge in [0.15, 0.2) is 0 Å². The second-order valence-corrected chi connectivity index (χ2v) is 4.46. The molecule has 0 spiro atoms. The number of rotatable bonds is 2. The zero-order chi connectivity index (χ0) is 10.7. The number of benzene rings is 1. The third-order valence-corrected chi connectivity index (χ3v) is 3.28. The van der Waals surface area contributed by atoms with Crippen LogP contribution in [0, 0.1) is 0 Å². The highest BCUT2D eigenvalue weighted by Crippen LogP contribution is 2.25. The standard InChI is InChI=1S/C13H20N2/c1-2-15-9-12(8-13(14)10-15)11-6-4-3-5-7-11/h3-7,12-13H,2,8-10,14H2,1H3. The topological polar surface area (TPSA) is 29.3 Å². The Kier molecular flexibility index (Phi) is 3.39. The van der Waals surface area contributed by atoms with Crippen molar-refractivity contribution in [3.05, 3.63) is 35.9 Å². The number of nitrogens with zero attached hydrogens (tertiary/aromatic N) is 1. The summed E-state index contributed by atoms with van der Waals surface area (Å²) in [6.45, 7) is 5.53. The molecule has 1 aromatic rings. The molecule has 0 aromatic heterocycles. The molecule has 2 rings (SSSR count). The maximum atomic E-state index is 6.09. The Balaban J connectivity index is 2.09. The molecule has 1 saturated heterocycles. The average Bonchev–Trinajstić information content (AvgIpc) is 2.29. The van der Waals surface area contributed by atoms with Crippen molar-refractivity contribution < 1.29 is 0 Å². The van der Waals surface area contributed by atoms with E-state index in [0.717, 1.165) is 26.1 Å². The van der Waals surface area contributed by atoms with Crippen LogP contribution in [0.2, 0.25) is 0 Å². The predicted octanol–water partition coefficient (Wildman–Crippen LogP) is 1.82. The first-order chi connectivity index (χ1) is 7.29. The molecule has 0 bridgehead atoms. The minimum absolute atomic E-state index is 0.337. The van der Waals surface area contributed by atoms with Crippen molar-refractivity contribution >= 4 is 0 Å². The number of hydrogen-bond acceptors (Lipinski definition) is 2. The zero-order valence-electron chi connectivity index (χ0n) is 9.39. The van der Waals surface area contributed by atoms with Crippen LogP contribution < -0.4 is 5.73 Å². The minimum atomic E-state index is 0.337. The molecular formula is C13H20N2. The van der Waals surface area contributed by atoms with Gasteiger partial charge in [-0.2, -0.15) is 0 Å². The lowest BCUT2D eigenvalue weighted by Gasteiger charge is -2.35. The lowest BCUT2D eigenvalue weighted by Crippen LogP contribution is -2.45. The minimum Gasteiger partial charge on any atom is -0.327 e. The van der Waals surface area contributed by atoms with Crippen LogP contribution in [0.15, 0.2) is 30.3 Å². The van der Waals surface area contributed by atoms with Gasteiger partial charge >= 0.3 is 0 Å². The van der Waals surface area contributed by atoms with Crippen LogP contribution in [-0.2, 0) is 0 Å². The number of likely N-dealkylation sites (N-methyl/N-ethyl adjacent to an activating group) is 1. The van der Waals surface area contributed by atoms with Crippen LogP contribution in [-0.4, -0.2) is 30.6 Å². The molecule has 2 unspecified atom stereocenters. The van der Waals surface area contributed by atoms with E-state index in [-0.39, 0.29) is 0 Å². The third kappa shape index (κ3) is 2.58. The molecule has 1 aliphatic rings. The highest BCUT2D eigenvalue weighted by Gasteiger charge is 2.24. The molecule has 2 atom stereocenters. The molecule has 1 aromatic carbocycles. The molecule has 82 valence electrons. The fourth-order valence-corrected chi connectivity index (χ4v) is 2.46. The van der Waals surface area contributed by atoms with Gasteiger partial charge in [0, 0.05) is 19.1 Å². The monoisotopic (exact) mass is 204 g/mol. The van der Waals surface area contributed by atoms with E-state index >= 15 is 0 Å². The van der Waals surface area contributed by atoms with Gasteiger partial charge in [-0.25, -0.2) is 0 Å². The smallest absolute Gasteiger partial charge is 0.0174 e. The number of hydrogen-bond donors (Lipinski definition) is 1. The molecule has 0 aliphatic carbocycles. The van der Waals surface area contributed by atoms with E-state index in [4.69, 9.17) is 5.73 Å². The van der Waals surface area contributed by atoms with Crippen molar-refractivity contribution in [2.45, 2.75) is 25.3 Å². The molecule has 1 fully saturated rings. The molecule has 1 aliphatic heterocycles. The van der Waals surface area contributed by atoms with Crippen molar-refractivity contribution in [2.75, 3.05) is 19.6 Å². The number of nitrogens with two attached hydrogens (primary N) is 1. The summed E-state index contributed by atoms with van der Waals surface area (Å²) in [5.74, 6) is 0.620. The Bertz CT molecular complexity index is 297. The van der Waals surface area contributed by atoms with Crippen molar-refractivity contribution in [2.24, 2.45) is 5.73 Å². The van der Waals surface area contributed by atoms with Crippen molar-refractivity contribution in [1.82, 2.24) is 4.90 Å². The summed E-state index contributed by atoms with van der Waals surface area (Å²) in [6, 6.07) is 11.1. The first-order valence-corrected chi connectivity index (χ1v) is 5.82. The lowest BCUT2D eigenvalue weighted by molar-refractivity contribution is 0.197. The molecular weight excluding hydrogens is 184 g/mol. The lowest BCUT2D eigenvalue weighted by atomic mass is 9.88. The molecule has 15 heavy (non-hydrogen) atoms. The Morgan fingerprint density at radius 2 is 2.00 bits per heavy atom. The Hall–Kier alpha value is -0.860. The molecule has 2 heteroatoms. The molecule has 0 saturated carbocycles. The van der Waals surface area contributed by atoms with Gasteiger partial charge in [-0.1, -0.05) is 37.3 Å². The van der Waals surface area contributed by atoms with Gasteiger partial charge < -0.3 is 10.6 Å². The van der Waals surface area contributed by atoms with Crippen molar-refractivity contribution in [1.29, 1.82) is 0 Å². The first-order valence-electron chi connectivity index (χ1n) is 5.82. The highest BCUT2D eigenvalue weighted by atomic mass is 15.1. The Labute approximate surface area is 92.1 Å². The summed E-state index contributed by atoms with van der Waals surface area (Å²) in [6.07, 6.45) is 1.13. The van der Waals surface area contributed by atoms with Gasteiger partial charge in [0.1, 0.15) is 0 Å². The van der Waals surface area contributed by atoms with Gasteiger partial charge in [-0.3, -0.25) is 0 Å². The van der Waals surface area contributed by atoms with Crippen LogP contribution in [0.5, 0.6) is 0 Å². The summed E-state index contributed by atoms with van der Waals surface area (Å²) < 4.78 is 0. The second kappa shape index (κ2) is 4.77. The van der Waals surface area contributed by atoms with E-state index in [1.165, 1.54) is 5.56 Å². The molecule has 2 N–H and O–H groups in total. The SMILES string of the molecule is CCN1CC(N)CC(c2ccccc2)C1. The zero-order valence-corrected chi connectivity index (χ0v) is 9.39. The van der Waals surface area contributed by atoms with Crippen LogP contribution in [0.4, 0.5) is 0 Å². The normalized spacial score (nSPS) is 27.9. The average molecular weight is 204 g/mol. The van der Waals surface area contributed by atoms with E-state index in [1.807, 2.05) is 0 Å². The maximum absolute atomic E-state index is 6.09. The fraction of sp³-hybridized carbons (Fsp3) is 0.538. The van der Waals surface area contributed by atoms with Gasteiger partial charge in [0.05, 0.1) is 0 Å². The summed E-state index contributed by atoms with van der Waals surface area (Å²) in [4.78, 5) is 2.45. The molecule has 1 heterocycles. The van der Waals surface area contributed by atoms with E-state index in [0.29, 0.717) is 12.0 Å². The van der Waals surface area contributed by atoms with Gasteiger partial charge in [0.2, 0.25) is 0 Å². The number of piperidine rings is 1. The van der Waals surface area contributed by atoms with Gasteiger partial charge in [-0.05, 0) is 24.4 Å². The van der Waals surface area contributed by atoms with Gasteiger partial charge in [-0.15, -0.1) is 0 Å². The summed E-state index contributed by atoms with van der Waals surface area (Å²) in [7, 11) is 0. The van der Waals surface area contributed by atoms with Crippen molar-refractivity contribution in [3.8, 4) is 0 Å². The van der Waals surface area contributed by atoms with Crippen LogP contribution in [0.25, 0.3) is 0 Å². The fourth-order valence-electron chi connectivity index (χ4n) is 2.46. The highest BCUT2D eigenvalue weighted by molar-refractivity contribution is 5.20. The van der Waals surface area contributed by atoms with Gasteiger partial charge in [0.25, 0.3) is 0 Å². The van der Waals surface area contributed by atoms with Crippen molar-refractivity contribution in [3.63, 3.8) is 0 Å². The summed E-state index contributed by atoms with van der Waals surface area (Å²) in [5.41, 5.74) is 7.52. The second-order valence-electron chi connectivity index (χ2n) is 4.46. The molecule has 2 nitrogen and oxygen atoms in total. The third-order valence-electron chi connectivity index (χ3n) is 3.28. The van der Waals surface area contributed by atoms with E-state index in [2.05, 4.69) is 42.2 Å². The van der Waals surface area contributed by atoms with E-state index < -0.39 is 0 Å². The Morgan fingerprint density at radius 3 is 2.67 bits per heavy atom. The van der Waals surface area contributed by atoms with Crippen LogP contribution in [0.1, 0.15) is 24.8 Å². The Morgan fingerprint density at radius 1 is 1.27 bits per heavy atom. The summed E-state index contributed by atoms with van der Waals surface area (Å²) >= 11 is 0. The maximum Gasteiger partial charge on any atom is 0.0174 e. The largest absolute Gasteiger partial charge is 0.327 e. The molecule has 0 amide bonds. The van der Waals surface area contributed by atoms with Crippen LogP contribution in [0.3, 0.4) is 0 Å². The predicted molar refractivity (Wildman–Crippen MR) is 63.9 cm³/mol. The van der Waals surface area contributed by atoms with E-state index in [1.54, 1.807) is 0 Å².